The van der Waals surface area contributed by atoms with Crippen LogP contribution in [0.4, 0.5) is 5.69 Å². The summed E-state index contributed by atoms with van der Waals surface area (Å²) in [6.45, 7) is 0.945. The Hall–Kier alpha value is -1.20. The van der Waals surface area contributed by atoms with Crippen LogP contribution in [0.15, 0.2) is 18.2 Å². The van der Waals surface area contributed by atoms with Gasteiger partial charge in [0.05, 0.1) is 11.3 Å². The topological polar surface area (TPSA) is 35.8 Å². The number of nitriles is 1. The molecule has 1 aliphatic rings. The Kier molecular flexibility index (Phi) is 4.28. The minimum Gasteiger partial charge on any atom is -0.384 e. The SMILES string of the molecule is N#Cc1cc(Cl)ccc1NCCC1CCCC1. The minimum absolute atomic E-state index is 0.614. The van der Waals surface area contributed by atoms with Crippen molar-refractivity contribution in [1.29, 1.82) is 5.26 Å². The smallest absolute Gasteiger partial charge is 0.101 e. The number of halogens is 1. The summed E-state index contributed by atoms with van der Waals surface area (Å²) in [7, 11) is 0. The lowest BCUT2D eigenvalue weighted by molar-refractivity contribution is 0.518. The molecule has 0 bridgehead atoms. The van der Waals surface area contributed by atoms with Crippen molar-refractivity contribution in [2.24, 2.45) is 5.92 Å². The van der Waals surface area contributed by atoms with Gasteiger partial charge in [0.15, 0.2) is 0 Å². The second-order valence-electron chi connectivity index (χ2n) is 4.67. The van der Waals surface area contributed by atoms with E-state index < -0.39 is 0 Å². The van der Waals surface area contributed by atoms with Crippen LogP contribution in [0.2, 0.25) is 5.02 Å². The van der Waals surface area contributed by atoms with E-state index >= 15 is 0 Å². The van der Waals surface area contributed by atoms with Crippen LogP contribution in [0.3, 0.4) is 0 Å². The summed E-state index contributed by atoms with van der Waals surface area (Å²) in [6.07, 6.45) is 6.71. The normalized spacial score (nSPS) is 15.8. The van der Waals surface area contributed by atoms with Crippen molar-refractivity contribution >= 4 is 17.3 Å². The fourth-order valence-corrected chi connectivity index (χ4v) is 2.65. The standard InChI is InChI=1S/C14H17ClN2/c15-13-5-6-14(12(9-13)10-16)17-8-7-11-3-1-2-4-11/h5-6,9,11,17H,1-4,7-8H2. The van der Waals surface area contributed by atoms with Gasteiger partial charge in [-0.1, -0.05) is 37.3 Å². The summed E-state index contributed by atoms with van der Waals surface area (Å²) in [5.41, 5.74) is 1.53. The maximum atomic E-state index is 9.01. The van der Waals surface area contributed by atoms with E-state index in [9.17, 15) is 0 Å². The predicted molar refractivity (Wildman–Crippen MR) is 71.2 cm³/mol. The molecule has 1 aromatic carbocycles. The van der Waals surface area contributed by atoms with E-state index in [2.05, 4.69) is 11.4 Å². The molecule has 0 atom stereocenters. The molecule has 1 fully saturated rings. The lowest BCUT2D eigenvalue weighted by atomic mass is 10.0. The molecule has 0 amide bonds. The molecule has 1 aromatic rings. The maximum Gasteiger partial charge on any atom is 0.101 e. The maximum absolute atomic E-state index is 9.01. The zero-order chi connectivity index (χ0) is 12.1. The number of anilines is 1. The van der Waals surface area contributed by atoms with Crippen LogP contribution in [-0.2, 0) is 0 Å². The van der Waals surface area contributed by atoms with E-state index in [4.69, 9.17) is 16.9 Å². The molecule has 0 saturated heterocycles. The zero-order valence-corrected chi connectivity index (χ0v) is 10.6. The molecule has 90 valence electrons. The zero-order valence-electron chi connectivity index (χ0n) is 9.88. The highest BCUT2D eigenvalue weighted by Crippen LogP contribution is 2.27. The van der Waals surface area contributed by atoms with Crippen LogP contribution in [-0.4, -0.2) is 6.54 Å². The highest BCUT2D eigenvalue weighted by molar-refractivity contribution is 6.30. The Labute approximate surface area is 108 Å². The molecule has 0 radical (unpaired) electrons. The van der Waals surface area contributed by atoms with Gasteiger partial charge < -0.3 is 5.32 Å². The minimum atomic E-state index is 0.614. The number of hydrogen-bond donors (Lipinski definition) is 1. The molecule has 1 N–H and O–H groups in total. The molecular weight excluding hydrogens is 232 g/mol. The first-order chi connectivity index (χ1) is 8.29. The Bertz CT molecular complexity index is 417. The summed E-state index contributed by atoms with van der Waals surface area (Å²) >= 11 is 5.85. The van der Waals surface area contributed by atoms with Crippen molar-refractivity contribution < 1.29 is 0 Å². The van der Waals surface area contributed by atoms with Gasteiger partial charge in [-0.15, -0.1) is 0 Å². The summed E-state index contributed by atoms with van der Waals surface area (Å²) < 4.78 is 0. The summed E-state index contributed by atoms with van der Waals surface area (Å²) in [4.78, 5) is 0. The molecule has 2 rings (SSSR count). The summed E-state index contributed by atoms with van der Waals surface area (Å²) in [5, 5.41) is 13.0. The number of benzene rings is 1. The first kappa shape index (κ1) is 12.3. The Balaban J connectivity index is 1.88. The average molecular weight is 249 g/mol. The summed E-state index contributed by atoms with van der Waals surface area (Å²) in [6, 6.07) is 7.58. The number of nitrogens with one attached hydrogen (secondary N) is 1. The first-order valence-corrected chi connectivity index (χ1v) is 6.61. The third-order valence-electron chi connectivity index (χ3n) is 3.44. The third-order valence-corrected chi connectivity index (χ3v) is 3.68. The highest BCUT2D eigenvalue weighted by Gasteiger charge is 2.14. The van der Waals surface area contributed by atoms with E-state index in [1.807, 2.05) is 12.1 Å². The molecular formula is C14H17ClN2. The Morgan fingerprint density at radius 1 is 1.35 bits per heavy atom. The van der Waals surface area contributed by atoms with Crippen LogP contribution in [0, 0.1) is 17.2 Å². The van der Waals surface area contributed by atoms with Crippen molar-refractivity contribution in [3.05, 3.63) is 28.8 Å². The molecule has 0 aromatic heterocycles. The van der Waals surface area contributed by atoms with Crippen LogP contribution >= 0.6 is 11.6 Å². The van der Waals surface area contributed by atoms with Gasteiger partial charge in [0.1, 0.15) is 6.07 Å². The largest absolute Gasteiger partial charge is 0.384 e. The van der Waals surface area contributed by atoms with Crippen LogP contribution in [0.5, 0.6) is 0 Å². The van der Waals surface area contributed by atoms with Crippen molar-refractivity contribution in [3.63, 3.8) is 0 Å². The van der Waals surface area contributed by atoms with Gasteiger partial charge in [0.2, 0.25) is 0 Å². The summed E-state index contributed by atoms with van der Waals surface area (Å²) in [5.74, 6) is 0.875. The van der Waals surface area contributed by atoms with E-state index in [1.54, 1.807) is 6.07 Å². The monoisotopic (exact) mass is 248 g/mol. The van der Waals surface area contributed by atoms with Gasteiger partial charge in [0.25, 0.3) is 0 Å². The van der Waals surface area contributed by atoms with Gasteiger partial charge in [-0.05, 0) is 30.5 Å². The Morgan fingerprint density at radius 3 is 2.82 bits per heavy atom. The van der Waals surface area contributed by atoms with E-state index in [0.717, 1.165) is 18.2 Å². The highest BCUT2D eigenvalue weighted by atomic mass is 35.5. The van der Waals surface area contributed by atoms with Gasteiger partial charge in [-0.2, -0.15) is 5.26 Å². The van der Waals surface area contributed by atoms with E-state index in [-0.39, 0.29) is 0 Å². The average Bonchev–Trinajstić information content (AvgIpc) is 2.84. The molecule has 0 aliphatic heterocycles. The van der Waals surface area contributed by atoms with Gasteiger partial charge in [-0.3, -0.25) is 0 Å². The predicted octanol–water partition coefficient (Wildman–Crippen LogP) is 4.20. The molecule has 3 heteroatoms. The van der Waals surface area contributed by atoms with Crippen LogP contribution < -0.4 is 5.32 Å². The van der Waals surface area contributed by atoms with Crippen LogP contribution in [0.25, 0.3) is 0 Å². The molecule has 0 heterocycles. The van der Waals surface area contributed by atoms with Crippen molar-refractivity contribution in [2.45, 2.75) is 32.1 Å². The lowest BCUT2D eigenvalue weighted by Gasteiger charge is -2.11. The molecule has 0 spiro atoms. The second-order valence-corrected chi connectivity index (χ2v) is 5.10. The van der Waals surface area contributed by atoms with Crippen molar-refractivity contribution in [1.82, 2.24) is 0 Å². The number of rotatable bonds is 4. The second kappa shape index (κ2) is 5.93. The van der Waals surface area contributed by atoms with E-state index in [1.165, 1.54) is 32.1 Å². The molecule has 17 heavy (non-hydrogen) atoms. The fourth-order valence-electron chi connectivity index (χ4n) is 2.47. The molecule has 1 saturated carbocycles. The van der Waals surface area contributed by atoms with Gasteiger partial charge in [-0.25, -0.2) is 0 Å². The first-order valence-electron chi connectivity index (χ1n) is 6.23. The van der Waals surface area contributed by atoms with Crippen molar-refractivity contribution in [3.8, 4) is 6.07 Å². The van der Waals surface area contributed by atoms with Crippen LogP contribution in [0.1, 0.15) is 37.7 Å². The fraction of sp³-hybridized carbons (Fsp3) is 0.500. The molecule has 2 nitrogen and oxygen atoms in total. The van der Waals surface area contributed by atoms with Crippen molar-refractivity contribution in [2.75, 3.05) is 11.9 Å². The quantitative estimate of drug-likeness (QED) is 0.867. The van der Waals surface area contributed by atoms with E-state index in [0.29, 0.717) is 10.6 Å². The molecule has 1 aliphatic carbocycles. The molecule has 0 unspecified atom stereocenters. The van der Waals surface area contributed by atoms with Gasteiger partial charge in [0, 0.05) is 11.6 Å². The Morgan fingerprint density at radius 2 is 2.12 bits per heavy atom. The third kappa shape index (κ3) is 3.38. The lowest BCUT2D eigenvalue weighted by Crippen LogP contribution is -2.07. The number of nitrogens with zero attached hydrogens (tertiary/aromatic N) is 1. The van der Waals surface area contributed by atoms with Gasteiger partial charge >= 0.3 is 0 Å². The number of hydrogen-bond acceptors (Lipinski definition) is 2.